The lowest BCUT2D eigenvalue weighted by atomic mass is 9.90. The minimum atomic E-state index is -0.314. The second-order valence-electron chi connectivity index (χ2n) is 5.58. The zero-order chi connectivity index (χ0) is 14.8. The summed E-state index contributed by atoms with van der Waals surface area (Å²) < 4.78 is 11.0. The summed E-state index contributed by atoms with van der Waals surface area (Å²) in [6.07, 6.45) is 5.10. The number of esters is 1. The van der Waals surface area contributed by atoms with Gasteiger partial charge in [0.05, 0.1) is 25.4 Å². The van der Waals surface area contributed by atoms with Crippen LogP contribution in [0.3, 0.4) is 0 Å². The van der Waals surface area contributed by atoms with E-state index in [-0.39, 0.29) is 5.97 Å². The number of ether oxygens (including phenoxy) is 2. The van der Waals surface area contributed by atoms with Gasteiger partial charge in [0.1, 0.15) is 0 Å². The molecule has 0 spiro atoms. The molecule has 2 fully saturated rings. The summed E-state index contributed by atoms with van der Waals surface area (Å²) in [6, 6.07) is 0.410. The van der Waals surface area contributed by atoms with Gasteiger partial charge in [-0.2, -0.15) is 0 Å². The smallest absolute Gasteiger partial charge is 0.358 e. The average Bonchev–Trinajstić information content (AvgIpc) is 2.89. The Hall–Kier alpha value is -1.14. The van der Waals surface area contributed by atoms with Crippen molar-refractivity contribution in [1.29, 1.82) is 0 Å². The van der Waals surface area contributed by atoms with Crippen molar-refractivity contribution >= 4 is 22.4 Å². The summed E-state index contributed by atoms with van der Waals surface area (Å²) in [5, 5.41) is 0.941. The number of hydrogen-bond acceptors (Lipinski definition) is 6. The highest BCUT2D eigenvalue weighted by Crippen LogP contribution is 2.35. The first-order valence-electron chi connectivity index (χ1n) is 7.73. The highest BCUT2D eigenvalue weighted by molar-refractivity contribution is 7.15. The van der Waals surface area contributed by atoms with Crippen molar-refractivity contribution < 1.29 is 14.3 Å². The van der Waals surface area contributed by atoms with Crippen molar-refractivity contribution in [3.63, 3.8) is 0 Å². The number of aryl methyl sites for hydroxylation is 1. The van der Waals surface area contributed by atoms with Crippen LogP contribution in [0.5, 0.6) is 0 Å². The Bertz CT molecular complexity index is 515. The highest BCUT2D eigenvalue weighted by atomic mass is 32.1. The Morgan fingerprint density at radius 3 is 3.10 bits per heavy atom. The molecule has 2 aliphatic rings. The molecular formula is C15H22N2O3S. The average molecular weight is 310 g/mol. The van der Waals surface area contributed by atoms with E-state index in [0.717, 1.165) is 36.0 Å². The van der Waals surface area contributed by atoms with E-state index in [0.29, 0.717) is 24.4 Å². The molecule has 2 atom stereocenters. The normalized spacial score (nSPS) is 25.5. The minimum absolute atomic E-state index is 0.314. The fraction of sp³-hybridized carbons (Fsp3) is 0.733. The van der Waals surface area contributed by atoms with Gasteiger partial charge < -0.3 is 14.4 Å². The van der Waals surface area contributed by atoms with Crippen LogP contribution >= 0.6 is 11.3 Å². The molecule has 0 amide bonds. The number of anilines is 1. The van der Waals surface area contributed by atoms with Crippen LogP contribution in [0.15, 0.2) is 0 Å². The number of fused-ring (bicyclic) bond motifs is 1. The van der Waals surface area contributed by atoms with Gasteiger partial charge in [-0.15, -0.1) is 11.3 Å². The molecule has 0 aromatic carbocycles. The van der Waals surface area contributed by atoms with Crippen molar-refractivity contribution in [2.75, 3.05) is 24.7 Å². The highest BCUT2D eigenvalue weighted by Gasteiger charge is 2.36. The van der Waals surface area contributed by atoms with Gasteiger partial charge in [0.25, 0.3) is 0 Å². The standard InChI is InChI=1S/C15H22N2O3S/c1-3-19-14(18)13-10(2)21-15(16-13)17-8-9-20-12-7-5-4-6-11(12)17/h11-12H,3-9H2,1-2H3. The van der Waals surface area contributed by atoms with E-state index in [9.17, 15) is 4.79 Å². The van der Waals surface area contributed by atoms with E-state index in [1.807, 2.05) is 13.8 Å². The monoisotopic (exact) mass is 310 g/mol. The molecule has 1 saturated carbocycles. The molecule has 1 aliphatic carbocycles. The first-order valence-corrected chi connectivity index (χ1v) is 8.55. The summed E-state index contributed by atoms with van der Waals surface area (Å²) in [5.41, 5.74) is 0.468. The van der Waals surface area contributed by atoms with Crippen molar-refractivity contribution in [3.05, 3.63) is 10.6 Å². The molecule has 6 heteroatoms. The van der Waals surface area contributed by atoms with Crippen molar-refractivity contribution in [2.24, 2.45) is 0 Å². The molecule has 1 aromatic heterocycles. The SMILES string of the molecule is CCOC(=O)c1nc(N2CCOC3CCCCC32)sc1C. The fourth-order valence-corrected chi connectivity index (χ4v) is 4.21. The van der Waals surface area contributed by atoms with E-state index < -0.39 is 0 Å². The molecule has 116 valence electrons. The first kappa shape index (κ1) is 14.8. The van der Waals surface area contributed by atoms with Crippen LogP contribution in [0, 0.1) is 6.92 Å². The van der Waals surface area contributed by atoms with Crippen LogP contribution in [0.2, 0.25) is 0 Å². The fourth-order valence-electron chi connectivity index (χ4n) is 3.23. The maximum absolute atomic E-state index is 11.9. The quantitative estimate of drug-likeness (QED) is 0.804. The largest absolute Gasteiger partial charge is 0.461 e. The van der Waals surface area contributed by atoms with Crippen molar-refractivity contribution in [3.8, 4) is 0 Å². The van der Waals surface area contributed by atoms with Crippen LogP contribution in [0.1, 0.15) is 48.0 Å². The first-order chi connectivity index (χ1) is 10.2. The summed E-state index contributed by atoms with van der Waals surface area (Å²) in [5.74, 6) is -0.314. The van der Waals surface area contributed by atoms with Gasteiger partial charge in [-0.05, 0) is 26.7 Å². The number of thiazole rings is 1. The summed E-state index contributed by atoms with van der Waals surface area (Å²) in [6.45, 7) is 5.74. The molecular weight excluding hydrogens is 288 g/mol. The lowest BCUT2D eigenvalue weighted by Gasteiger charge is -2.43. The Morgan fingerprint density at radius 1 is 1.48 bits per heavy atom. The van der Waals surface area contributed by atoms with E-state index in [1.165, 1.54) is 12.8 Å². The van der Waals surface area contributed by atoms with E-state index in [4.69, 9.17) is 9.47 Å². The van der Waals surface area contributed by atoms with E-state index in [1.54, 1.807) is 11.3 Å². The third-order valence-corrected chi connectivity index (χ3v) is 5.24. The van der Waals surface area contributed by atoms with Gasteiger partial charge in [0.15, 0.2) is 10.8 Å². The predicted octanol–water partition coefficient (Wildman–Crippen LogP) is 2.78. The Labute approximate surface area is 129 Å². The minimum Gasteiger partial charge on any atom is -0.461 e. The Morgan fingerprint density at radius 2 is 2.29 bits per heavy atom. The van der Waals surface area contributed by atoms with Gasteiger partial charge in [0.2, 0.25) is 0 Å². The van der Waals surface area contributed by atoms with E-state index >= 15 is 0 Å². The van der Waals surface area contributed by atoms with Gasteiger partial charge in [-0.3, -0.25) is 0 Å². The number of hydrogen-bond donors (Lipinski definition) is 0. The summed E-state index contributed by atoms with van der Waals surface area (Å²) in [4.78, 5) is 19.8. The zero-order valence-electron chi connectivity index (χ0n) is 12.6. The van der Waals surface area contributed by atoms with Crippen LogP contribution in [0.4, 0.5) is 5.13 Å². The Balaban J connectivity index is 1.82. The number of carbonyl (C=O) groups excluding carboxylic acids is 1. The number of aromatic nitrogens is 1. The van der Waals surface area contributed by atoms with Crippen LogP contribution < -0.4 is 4.90 Å². The predicted molar refractivity (Wildman–Crippen MR) is 82.1 cm³/mol. The molecule has 2 heterocycles. The summed E-state index contributed by atoms with van der Waals surface area (Å²) >= 11 is 1.59. The lowest BCUT2D eigenvalue weighted by Crippen LogP contribution is -2.52. The topological polar surface area (TPSA) is 51.7 Å². The maximum Gasteiger partial charge on any atom is 0.358 e. The molecule has 2 unspecified atom stereocenters. The number of morpholine rings is 1. The van der Waals surface area contributed by atoms with Crippen LogP contribution in [-0.4, -0.2) is 42.9 Å². The maximum atomic E-state index is 11.9. The van der Waals surface area contributed by atoms with Crippen LogP contribution in [0.25, 0.3) is 0 Å². The number of rotatable bonds is 3. The second kappa shape index (κ2) is 6.32. The third-order valence-electron chi connectivity index (χ3n) is 4.23. The zero-order valence-corrected chi connectivity index (χ0v) is 13.4. The molecule has 1 aliphatic heterocycles. The second-order valence-corrected chi connectivity index (χ2v) is 6.76. The molecule has 21 heavy (non-hydrogen) atoms. The molecule has 5 nitrogen and oxygen atoms in total. The van der Waals surface area contributed by atoms with Gasteiger partial charge in [0, 0.05) is 11.4 Å². The van der Waals surface area contributed by atoms with E-state index in [2.05, 4.69) is 9.88 Å². The Kier molecular flexibility index (Phi) is 4.45. The molecule has 1 aromatic rings. The van der Waals surface area contributed by atoms with Gasteiger partial charge in [-0.25, -0.2) is 9.78 Å². The van der Waals surface area contributed by atoms with Crippen LogP contribution in [-0.2, 0) is 9.47 Å². The van der Waals surface area contributed by atoms with Crippen molar-refractivity contribution in [1.82, 2.24) is 4.98 Å². The summed E-state index contributed by atoms with van der Waals surface area (Å²) in [7, 11) is 0. The number of nitrogens with zero attached hydrogens (tertiary/aromatic N) is 2. The molecule has 0 radical (unpaired) electrons. The molecule has 3 rings (SSSR count). The van der Waals surface area contributed by atoms with Gasteiger partial charge >= 0.3 is 5.97 Å². The molecule has 1 saturated heterocycles. The van der Waals surface area contributed by atoms with Crippen molar-refractivity contribution in [2.45, 2.75) is 51.7 Å². The lowest BCUT2D eigenvalue weighted by molar-refractivity contribution is -0.00869. The molecule has 0 bridgehead atoms. The third kappa shape index (κ3) is 2.92. The van der Waals surface area contributed by atoms with Gasteiger partial charge in [-0.1, -0.05) is 12.8 Å². The number of carbonyl (C=O) groups is 1. The molecule has 0 N–H and O–H groups in total.